The van der Waals surface area contributed by atoms with Crippen molar-refractivity contribution in [1.82, 2.24) is 19.7 Å². The molecule has 0 N–H and O–H groups in total. The number of aromatic nitrogens is 3. The molecule has 0 bridgehead atoms. The normalized spacial score (nSPS) is 16.6. The van der Waals surface area contributed by atoms with Crippen LogP contribution in [-0.2, 0) is 13.6 Å². The molecule has 0 atom stereocenters. The summed E-state index contributed by atoms with van der Waals surface area (Å²) in [7, 11) is 1.97. The molecular weight excluding hydrogens is 406 g/mol. The number of para-hydroxylation sites is 2. The molecule has 32 heavy (non-hydrogen) atoms. The maximum absolute atomic E-state index is 5.95. The lowest BCUT2D eigenvalue weighted by Crippen LogP contribution is -2.46. The number of aryl methyl sites for hydroxylation is 1. The summed E-state index contributed by atoms with van der Waals surface area (Å²) in [5.74, 6) is 1.59. The van der Waals surface area contributed by atoms with Gasteiger partial charge >= 0.3 is 0 Å². The van der Waals surface area contributed by atoms with E-state index in [4.69, 9.17) is 19.0 Å². The highest BCUT2D eigenvalue weighted by Crippen LogP contribution is 2.35. The maximum atomic E-state index is 5.95. The molecule has 1 fully saturated rings. The molecular formula is C24H25N5O3. The number of anilines is 1. The van der Waals surface area contributed by atoms with E-state index in [1.807, 2.05) is 48.1 Å². The molecule has 0 radical (unpaired) electrons. The van der Waals surface area contributed by atoms with Crippen LogP contribution < -0.4 is 14.4 Å². The van der Waals surface area contributed by atoms with Crippen molar-refractivity contribution in [3.63, 3.8) is 0 Å². The number of fused-ring (bicyclic) bond motifs is 2. The van der Waals surface area contributed by atoms with Crippen LogP contribution in [0.25, 0.3) is 22.4 Å². The SMILES string of the molecule is Cn1cc(CN2CCN(c3nc4ccccc4o3)CC2)c(-c2ccc3c(c2)OCCO3)n1. The van der Waals surface area contributed by atoms with Crippen LogP contribution in [0.3, 0.4) is 0 Å². The first-order chi connectivity index (χ1) is 15.7. The van der Waals surface area contributed by atoms with Gasteiger partial charge in [-0.15, -0.1) is 0 Å². The van der Waals surface area contributed by atoms with Gasteiger partial charge in [0.25, 0.3) is 6.01 Å². The van der Waals surface area contributed by atoms with Crippen molar-refractivity contribution in [3.8, 4) is 22.8 Å². The summed E-state index contributed by atoms with van der Waals surface area (Å²) in [4.78, 5) is 9.32. The van der Waals surface area contributed by atoms with Crippen molar-refractivity contribution in [1.29, 1.82) is 0 Å². The molecule has 6 rings (SSSR count). The molecule has 8 heteroatoms. The Labute approximate surface area is 186 Å². The second kappa shape index (κ2) is 7.87. The van der Waals surface area contributed by atoms with E-state index in [1.165, 1.54) is 5.56 Å². The Kier molecular flexibility index (Phi) is 4.72. The summed E-state index contributed by atoms with van der Waals surface area (Å²) in [6.45, 7) is 5.66. The Morgan fingerprint density at radius 1 is 0.938 bits per heavy atom. The lowest BCUT2D eigenvalue weighted by molar-refractivity contribution is 0.171. The van der Waals surface area contributed by atoms with E-state index in [1.54, 1.807) is 0 Å². The zero-order valence-corrected chi connectivity index (χ0v) is 18.0. The van der Waals surface area contributed by atoms with E-state index in [-0.39, 0.29) is 0 Å². The molecule has 1 saturated heterocycles. The zero-order chi connectivity index (χ0) is 21.5. The number of hydrogen-bond donors (Lipinski definition) is 0. The van der Waals surface area contributed by atoms with Crippen LogP contribution >= 0.6 is 0 Å². The summed E-state index contributed by atoms with van der Waals surface area (Å²) in [6, 6.07) is 14.7. The molecule has 0 spiro atoms. The van der Waals surface area contributed by atoms with Crippen LogP contribution in [0.5, 0.6) is 11.5 Å². The summed E-state index contributed by atoms with van der Waals surface area (Å²) < 4.78 is 19.3. The van der Waals surface area contributed by atoms with Crippen LogP contribution in [-0.4, -0.2) is 59.1 Å². The molecule has 0 amide bonds. The molecule has 2 aromatic heterocycles. The van der Waals surface area contributed by atoms with Crippen molar-refractivity contribution in [3.05, 3.63) is 54.2 Å². The lowest BCUT2D eigenvalue weighted by Gasteiger charge is -2.33. The Morgan fingerprint density at radius 3 is 2.59 bits per heavy atom. The second-order valence-electron chi connectivity index (χ2n) is 8.26. The number of rotatable bonds is 4. The van der Waals surface area contributed by atoms with E-state index in [0.717, 1.165) is 66.6 Å². The van der Waals surface area contributed by atoms with E-state index in [0.29, 0.717) is 19.2 Å². The summed E-state index contributed by atoms with van der Waals surface area (Å²) in [6.07, 6.45) is 2.11. The van der Waals surface area contributed by atoms with E-state index in [2.05, 4.69) is 27.0 Å². The van der Waals surface area contributed by atoms with Crippen molar-refractivity contribution in [2.45, 2.75) is 6.54 Å². The predicted molar refractivity (Wildman–Crippen MR) is 121 cm³/mol. The minimum Gasteiger partial charge on any atom is -0.486 e. The van der Waals surface area contributed by atoms with Crippen LogP contribution in [0.4, 0.5) is 6.01 Å². The number of piperazine rings is 1. The van der Waals surface area contributed by atoms with Gasteiger partial charge < -0.3 is 18.8 Å². The Bertz CT molecular complexity index is 1220. The Balaban J connectivity index is 1.16. The van der Waals surface area contributed by atoms with Gasteiger partial charge in [0, 0.05) is 57.1 Å². The fraction of sp³-hybridized carbons (Fsp3) is 0.333. The van der Waals surface area contributed by atoms with E-state index < -0.39 is 0 Å². The van der Waals surface area contributed by atoms with Gasteiger partial charge in [0.05, 0.1) is 5.69 Å². The number of oxazole rings is 1. The second-order valence-corrected chi connectivity index (χ2v) is 8.26. The summed E-state index contributed by atoms with van der Waals surface area (Å²) in [5, 5.41) is 4.74. The van der Waals surface area contributed by atoms with Gasteiger partial charge in [0.1, 0.15) is 18.7 Å². The zero-order valence-electron chi connectivity index (χ0n) is 18.0. The molecule has 2 aromatic carbocycles. The number of hydrogen-bond acceptors (Lipinski definition) is 7. The molecule has 2 aliphatic rings. The molecule has 0 saturated carbocycles. The van der Waals surface area contributed by atoms with Gasteiger partial charge in [0.2, 0.25) is 0 Å². The molecule has 4 aromatic rings. The van der Waals surface area contributed by atoms with Gasteiger partial charge in [-0.3, -0.25) is 9.58 Å². The predicted octanol–water partition coefficient (Wildman–Crippen LogP) is 3.32. The minimum absolute atomic E-state index is 0.579. The van der Waals surface area contributed by atoms with Gasteiger partial charge in [-0.25, -0.2) is 0 Å². The molecule has 8 nitrogen and oxygen atoms in total. The topological polar surface area (TPSA) is 68.8 Å². The van der Waals surface area contributed by atoms with Crippen molar-refractivity contribution >= 4 is 17.1 Å². The molecule has 4 heterocycles. The third-order valence-corrected chi connectivity index (χ3v) is 6.04. The molecule has 0 aliphatic carbocycles. The average molecular weight is 431 g/mol. The summed E-state index contributed by atoms with van der Waals surface area (Å²) >= 11 is 0. The first kappa shape index (κ1) is 19.2. The third-order valence-electron chi connectivity index (χ3n) is 6.04. The Morgan fingerprint density at radius 2 is 1.75 bits per heavy atom. The highest BCUT2D eigenvalue weighted by Gasteiger charge is 2.23. The van der Waals surface area contributed by atoms with Crippen LogP contribution in [0.1, 0.15) is 5.56 Å². The van der Waals surface area contributed by atoms with Crippen LogP contribution in [0, 0.1) is 0 Å². The standard InChI is InChI=1S/C24H25N5O3/c1-27-15-18(23(26-27)17-6-7-21-22(14-17)31-13-12-30-21)16-28-8-10-29(11-9-28)24-25-19-4-2-3-5-20(19)32-24/h2-7,14-15H,8-13,16H2,1H3. The minimum atomic E-state index is 0.579. The van der Waals surface area contributed by atoms with E-state index in [9.17, 15) is 0 Å². The van der Waals surface area contributed by atoms with Crippen LogP contribution in [0.2, 0.25) is 0 Å². The molecule has 0 unspecified atom stereocenters. The lowest BCUT2D eigenvalue weighted by atomic mass is 10.1. The quantitative estimate of drug-likeness (QED) is 0.491. The first-order valence-electron chi connectivity index (χ1n) is 11.0. The van der Waals surface area contributed by atoms with Gasteiger partial charge in [-0.05, 0) is 30.3 Å². The van der Waals surface area contributed by atoms with E-state index >= 15 is 0 Å². The highest BCUT2D eigenvalue weighted by atomic mass is 16.6. The first-order valence-corrected chi connectivity index (χ1v) is 11.0. The fourth-order valence-electron chi connectivity index (χ4n) is 4.42. The fourth-order valence-corrected chi connectivity index (χ4v) is 4.42. The number of ether oxygens (including phenoxy) is 2. The third kappa shape index (κ3) is 3.56. The molecule has 164 valence electrons. The monoisotopic (exact) mass is 431 g/mol. The average Bonchev–Trinajstić information content (AvgIpc) is 3.42. The van der Waals surface area contributed by atoms with Crippen molar-refractivity contribution in [2.24, 2.45) is 7.05 Å². The smallest absolute Gasteiger partial charge is 0.298 e. The number of benzene rings is 2. The summed E-state index contributed by atoms with van der Waals surface area (Å²) in [5.41, 5.74) is 4.99. The van der Waals surface area contributed by atoms with Crippen molar-refractivity contribution in [2.75, 3.05) is 44.3 Å². The molecule has 2 aliphatic heterocycles. The Hall–Kier alpha value is -3.52. The van der Waals surface area contributed by atoms with Gasteiger partial charge in [-0.1, -0.05) is 12.1 Å². The maximum Gasteiger partial charge on any atom is 0.298 e. The highest BCUT2D eigenvalue weighted by molar-refractivity contribution is 5.74. The van der Waals surface area contributed by atoms with Crippen LogP contribution in [0.15, 0.2) is 53.1 Å². The van der Waals surface area contributed by atoms with Gasteiger partial charge in [-0.2, -0.15) is 10.1 Å². The van der Waals surface area contributed by atoms with Gasteiger partial charge in [0.15, 0.2) is 17.1 Å². The van der Waals surface area contributed by atoms with Crippen molar-refractivity contribution < 1.29 is 13.9 Å². The number of nitrogens with zero attached hydrogens (tertiary/aromatic N) is 5. The largest absolute Gasteiger partial charge is 0.486 e.